The lowest BCUT2D eigenvalue weighted by atomic mass is 9.32. The summed E-state index contributed by atoms with van der Waals surface area (Å²) in [6, 6.07) is 0. The van der Waals surface area contributed by atoms with Crippen LogP contribution in [-0.2, 0) is 19.0 Å². The summed E-state index contributed by atoms with van der Waals surface area (Å²) >= 11 is 0. The van der Waals surface area contributed by atoms with Gasteiger partial charge >= 0.3 is 5.97 Å². The topological polar surface area (TPSA) is 44.8 Å². The van der Waals surface area contributed by atoms with E-state index in [-0.39, 0.29) is 44.4 Å². The maximum atomic E-state index is 13.7. The second-order valence-electron chi connectivity index (χ2n) is 16.8. The molecule has 4 heteroatoms. The predicted octanol–water partition coefficient (Wildman–Crippen LogP) is 8.65. The van der Waals surface area contributed by atoms with E-state index in [0.29, 0.717) is 11.8 Å². The van der Waals surface area contributed by atoms with E-state index in [1.165, 1.54) is 24.8 Å². The first-order chi connectivity index (χ1) is 18.7. The van der Waals surface area contributed by atoms with Crippen molar-refractivity contribution >= 4 is 5.97 Å². The van der Waals surface area contributed by atoms with Crippen molar-refractivity contribution in [1.82, 2.24) is 0 Å². The zero-order valence-electron chi connectivity index (χ0n) is 27.0. The van der Waals surface area contributed by atoms with Gasteiger partial charge < -0.3 is 14.2 Å². The fraction of sp³-hybridized carbons (Fsp3) is 0.861. The van der Waals surface area contributed by atoms with E-state index in [1.807, 2.05) is 0 Å². The SMILES string of the molecule is C/C=C/C1=C2[C@@H]3CC(C)(C)CC[C@]3(C(=O)OC)CC[C@@]2(C)[C@]2(C)CC[C@H]3C(C)(C)C4(CC[C@]3(C)C2C1)OCCO4. The molecule has 224 valence electrons. The third kappa shape index (κ3) is 3.47. The minimum absolute atomic E-state index is 0.0243. The number of ether oxygens (including phenoxy) is 3. The maximum Gasteiger partial charge on any atom is 0.312 e. The van der Waals surface area contributed by atoms with E-state index in [1.54, 1.807) is 12.7 Å². The standard InChI is InChI=1S/C36H56O4/c1-10-11-24-22-27-32(6)15-19-36(39-20-21-40-36)31(4,5)26(32)12-13-33(27,7)34(8)16-18-35(29(37)38-9)17-14-30(2,3)23-25(35)28(24)34/h10-11,25-27H,12-23H2,1-9H3/b11-10+/t25-,26-,27?,32-,33+,34+,35-/m0/s1. The number of allylic oxidation sites excluding steroid dienone is 4. The van der Waals surface area contributed by atoms with Crippen molar-refractivity contribution in [2.75, 3.05) is 20.3 Å². The van der Waals surface area contributed by atoms with Crippen molar-refractivity contribution in [3.8, 4) is 0 Å². The van der Waals surface area contributed by atoms with E-state index in [2.05, 4.69) is 67.5 Å². The van der Waals surface area contributed by atoms with Gasteiger partial charge in [0.1, 0.15) is 0 Å². The van der Waals surface area contributed by atoms with Gasteiger partial charge in [-0.15, -0.1) is 0 Å². The quantitative estimate of drug-likeness (QED) is 0.322. The molecule has 7 atom stereocenters. The van der Waals surface area contributed by atoms with Gasteiger partial charge in [0.25, 0.3) is 0 Å². The largest absolute Gasteiger partial charge is 0.469 e. The molecule has 5 fully saturated rings. The molecule has 0 aromatic rings. The summed E-state index contributed by atoms with van der Waals surface area (Å²) in [4.78, 5) is 13.7. The third-order valence-corrected chi connectivity index (χ3v) is 14.6. The fourth-order valence-corrected chi connectivity index (χ4v) is 12.2. The van der Waals surface area contributed by atoms with E-state index >= 15 is 0 Å². The molecule has 0 bridgehead atoms. The summed E-state index contributed by atoms with van der Waals surface area (Å²) in [5, 5.41) is 0. The summed E-state index contributed by atoms with van der Waals surface area (Å²) in [7, 11) is 1.61. The summed E-state index contributed by atoms with van der Waals surface area (Å²) < 4.78 is 18.5. The Hall–Kier alpha value is -1.13. The van der Waals surface area contributed by atoms with Crippen LogP contribution in [0, 0.1) is 50.2 Å². The van der Waals surface area contributed by atoms with E-state index in [9.17, 15) is 4.79 Å². The van der Waals surface area contributed by atoms with E-state index in [0.717, 1.165) is 58.2 Å². The van der Waals surface area contributed by atoms with Crippen molar-refractivity contribution < 1.29 is 19.0 Å². The first-order valence-electron chi connectivity index (χ1n) is 16.4. The maximum absolute atomic E-state index is 13.7. The molecule has 1 saturated heterocycles. The number of hydrogen-bond donors (Lipinski definition) is 0. The number of carbonyl (C=O) groups is 1. The first kappa shape index (κ1) is 29.0. The van der Waals surface area contributed by atoms with Gasteiger partial charge in [0, 0.05) is 11.8 Å². The lowest BCUT2D eigenvalue weighted by Crippen LogP contribution is -2.67. The molecule has 0 N–H and O–H groups in total. The lowest BCUT2D eigenvalue weighted by molar-refractivity contribution is -0.307. The molecule has 0 amide bonds. The zero-order valence-corrected chi connectivity index (χ0v) is 27.0. The van der Waals surface area contributed by atoms with E-state index in [4.69, 9.17) is 14.2 Å². The molecule has 6 aliphatic rings. The summed E-state index contributed by atoms with van der Waals surface area (Å²) in [6.07, 6.45) is 15.6. The number of esters is 1. The van der Waals surface area contributed by atoms with Gasteiger partial charge in [-0.3, -0.25) is 4.79 Å². The summed E-state index contributed by atoms with van der Waals surface area (Å²) in [5.41, 5.74) is 3.51. The molecule has 0 aromatic heterocycles. The molecule has 0 aromatic carbocycles. The average molecular weight is 553 g/mol. The Morgan fingerprint density at radius 2 is 1.55 bits per heavy atom. The van der Waals surface area contributed by atoms with Crippen molar-refractivity contribution in [3.05, 3.63) is 23.3 Å². The van der Waals surface area contributed by atoms with Crippen molar-refractivity contribution in [3.63, 3.8) is 0 Å². The molecule has 4 nitrogen and oxygen atoms in total. The Kier molecular flexibility index (Phi) is 6.48. The Labute approximate surface area is 244 Å². The highest BCUT2D eigenvalue weighted by Gasteiger charge is 2.72. The zero-order chi connectivity index (χ0) is 29.0. The highest BCUT2D eigenvalue weighted by Crippen LogP contribution is 2.77. The molecule has 1 spiro atoms. The number of carbonyl (C=O) groups excluding carboxylic acids is 1. The molecular weight excluding hydrogens is 496 g/mol. The molecule has 5 aliphatic carbocycles. The van der Waals surface area contributed by atoms with Crippen molar-refractivity contribution in [2.24, 2.45) is 50.2 Å². The Balaban J connectivity index is 1.50. The van der Waals surface area contributed by atoms with Crippen LogP contribution in [0.25, 0.3) is 0 Å². The van der Waals surface area contributed by atoms with Crippen LogP contribution in [0.4, 0.5) is 0 Å². The van der Waals surface area contributed by atoms with Crippen LogP contribution < -0.4 is 0 Å². The molecule has 1 unspecified atom stereocenters. The van der Waals surface area contributed by atoms with Gasteiger partial charge in [-0.25, -0.2) is 0 Å². The van der Waals surface area contributed by atoms with Gasteiger partial charge in [0.05, 0.1) is 25.7 Å². The third-order valence-electron chi connectivity index (χ3n) is 14.6. The second-order valence-corrected chi connectivity index (χ2v) is 16.8. The minimum atomic E-state index is -0.421. The van der Waals surface area contributed by atoms with Gasteiger partial charge in [-0.2, -0.15) is 0 Å². The highest BCUT2D eigenvalue weighted by molar-refractivity contribution is 5.79. The number of fused-ring (bicyclic) bond motifs is 7. The fourth-order valence-electron chi connectivity index (χ4n) is 12.2. The van der Waals surface area contributed by atoms with Crippen LogP contribution in [0.2, 0.25) is 0 Å². The van der Waals surface area contributed by atoms with Crippen LogP contribution in [0.1, 0.15) is 120 Å². The van der Waals surface area contributed by atoms with Crippen LogP contribution in [0.5, 0.6) is 0 Å². The molecule has 0 radical (unpaired) electrons. The van der Waals surface area contributed by atoms with Gasteiger partial charge in [-0.05, 0) is 110 Å². The van der Waals surface area contributed by atoms with Gasteiger partial charge in [-0.1, -0.05) is 66.2 Å². The number of hydrogen-bond acceptors (Lipinski definition) is 4. The predicted molar refractivity (Wildman–Crippen MR) is 159 cm³/mol. The van der Waals surface area contributed by atoms with Crippen LogP contribution in [0.3, 0.4) is 0 Å². The summed E-state index contributed by atoms with van der Waals surface area (Å²) in [6.45, 7) is 21.3. The molecule has 40 heavy (non-hydrogen) atoms. The molecular formula is C36H56O4. The minimum Gasteiger partial charge on any atom is -0.469 e. The number of methoxy groups -OCH3 is 1. The van der Waals surface area contributed by atoms with Crippen molar-refractivity contribution in [2.45, 2.75) is 125 Å². The molecule has 1 aliphatic heterocycles. The second kappa shape index (κ2) is 8.94. The van der Waals surface area contributed by atoms with E-state index < -0.39 is 5.79 Å². The molecule has 6 rings (SSSR count). The monoisotopic (exact) mass is 552 g/mol. The number of rotatable bonds is 2. The van der Waals surface area contributed by atoms with Crippen LogP contribution in [-0.4, -0.2) is 32.1 Å². The van der Waals surface area contributed by atoms with Gasteiger partial charge in [0.15, 0.2) is 5.79 Å². The van der Waals surface area contributed by atoms with Crippen molar-refractivity contribution in [1.29, 1.82) is 0 Å². The highest BCUT2D eigenvalue weighted by atomic mass is 16.7. The Morgan fingerprint density at radius 3 is 2.20 bits per heavy atom. The normalized spacial score (nSPS) is 46.9. The lowest BCUT2D eigenvalue weighted by Gasteiger charge is -2.72. The summed E-state index contributed by atoms with van der Waals surface area (Å²) in [5.74, 6) is 1.05. The Bertz CT molecular complexity index is 1120. The Morgan fingerprint density at radius 1 is 0.875 bits per heavy atom. The molecule has 1 heterocycles. The van der Waals surface area contributed by atoms with Crippen LogP contribution in [0.15, 0.2) is 23.3 Å². The van der Waals surface area contributed by atoms with Gasteiger partial charge in [0.2, 0.25) is 0 Å². The molecule has 4 saturated carbocycles. The smallest absolute Gasteiger partial charge is 0.312 e. The first-order valence-corrected chi connectivity index (χ1v) is 16.4. The average Bonchev–Trinajstić information content (AvgIpc) is 3.38. The van der Waals surface area contributed by atoms with Crippen LogP contribution >= 0.6 is 0 Å².